The molecule has 0 spiro atoms. The van der Waals surface area contributed by atoms with Crippen LogP contribution in [0.3, 0.4) is 0 Å². The molecular formula is C26H38O4. The first-order valence-corrected chi connectivity index (χ1v) is 10.5. The average Bonchev–Trinajstić information content (AvgIpc) is 2.55. The molecule has 0 saturated heterocycles. The van der Waals surface area contributed by atoms with Crippen molar-refractivity contribution in [3.05, 3.63) is 58.7 Å². The van der Waals surface area contributed by atoms with Crippen LogP contribution < -0.4 is 0 Å². The van der Waals surface area contributed by atoms with Crippen molar-refractivity contribution in [2.45, 2.75) is 86.9 Å². The number of esters is 2. The average molecular weight is 415 g/mol. The first kappa shape index (κ1) is 25.7. The second-order valence-electron chi connectivity index (χ2n) is 9.64. The van der Waals surface area contributed by atoms with E-state index in [0.717, 1.165) is 29.6 Å². The molecule has 1 atom stereocenters. The molecule has 1 unspecified atom stereocenters. The molecule has 0 radical (unpaired) electrons. The van der Waals surface area contributed by atoms with E-state index in [9.17, 15) is 9.59 Å². The standard InChI is InChI=1S/C26H38O4/c1-18(11-10-12-19(2)17-24(28)30-25(5,6)7)13-14-22-20(3)23(29-21(4)27)15-16-26(22,8)9/h10-14,17,23H,15-16H2,1-9H3/b12-10+,14-13+,18-11+,19-17+. The number of carbonyl (C=O) groups excluding carboxylic acids is 2. The van der Waals surface area contributed by atoms with E-state index in [-0.39, 0.29) is 23.5 Å². The Morgan fingerprint density at radius 3 is 2.27 bits per heavy atom. The van der Waals surface area contributed by atoms with Crippen LogP contribution in [0.4, 0.5) is 0 Å². The highest BCUT2D eigenvalue weighted by Crippen LogP contribution is 2.42. The zero-order valence-electron chi connectivity index (χ0n) is 20.1. The Morgan fingerprint density at radius 2 is 1.70 bits per heavy atom. The summed E-state index contributed by atoms with van der Waals surface area (Å²) in [6.07, 6.45) is 13.2. The Hall–Kier alpha value is -2.36. The van der Waals surface area contributed by atoms with Crippen molar-refractivity contribution in [1.29, 1.82) is 0 Å². The normalized spacial score (nSPS) is 20.8. The van der Waals surface area contributed by atoms with Crippen molar-refractivity contribution in [2.24, 2.45) is 5.41 Å². The Labute approximate surface area is 182 Å². The first-order chi connectivity index (χ1) is 13.7. The molecule has 0 saturated carbocycles. The van der Waals surface area contributed by atoms with Crippen LogP contribution in [-0.4, -0.2) is 23.6 Å². The van der Waals surface area contributed by atoms with Gasteiger partial charge in [0.1, 0.15) is 11.7 Å². The number of ether oxygens (including phenoxy) is 2. The fraction of sp³-hybridized carbons (Fsp3) is 0.538. The minimum atomic E-state index is -0.493. The van der Waals surface area contributed by atoms with E-state index in [2.05, 4.69) is 32.9 Å². The molecule has 0 bridgehead atoms. The van der Waals surface area contributed by atoms with Crippen LogP contribution in [0, 0.1) is 5.41 Å². The van der Waals surface area contributed by atoms with Gasteiger partial charge in [-0.15, -0.1) is 0 Å². The second kappa shape index (κ2) is 10.6. The van der Waals surface area contributed by atoms with Gasteiger partial charge in [-0.1, -0.05) is 49.8 Å². The van der Waals surface area contributed by atoms with E-state index < -0.39 is 5.60 Å². The maximum atomic E-state index is 11.8. The van der Waals surface area contributed by atoms with Crippen LogP contribution in [0.2, 0.25) is 0 Å². The molecule has 0 aromatic heterocycles. The SMILES string of the molecule is CC(=O)OC1CCC(C)(C)C(/C=C/C(C)=C/C=C/C(C)=C/C(=O)OC(C)(C)C)=C1C. The molecular weight excluding hydrogens is 376 g/mol. The van der Waals surface area contributed by atoms with Crippen LogP contribution >= 0.6 is 0 Å². The van der Waals surface area contributed by atoms with Gasteiger partial charge in [-0.3, -0.25) is 4.79 Å². The van der Waals surface area contributed by atoms with E-state index in [4.69, 9.17) is 9.47 Å². The Balaban J connectivity index is 2.89. The number of allylic oxidation sites excluding steroid dienone is 8. The highest BCUT2D eigenvalue weighted by atomic mass is 16.6. The van der Waals surface area contributed by atoms with Gasteiger partial charge in [0, 0.05) is 13.0 Å². The molecule has 30 heavy (non-hydrogen) atoms. The summed E-state index contributed by atoms with van der Waals surface area (Å²) in [6.45, 7) is 17.4. The minimum Gasteiger partial charge on any atom is -0.458 e. The summed E-state index contributed by atoms with van der Waals surface area (Å²) >= 11 is 0. The molecule has 0 aliphatic heterocycles. The predicted octanol–water partition coefficient (Wildman–Crippen LogP) is 6.40. The van der Waals surface area contributed by atoms with Crippen molar-refractivity contribution in [2.75, 3.05) is 0 Å². The molecule has 0 aromatic carbocycles. The van der Waals surface area contributed by atoms with Crippen LogP contribution in [0.25, 0.3) is 0 Å². The lowest BCUT2D eigenvalue weighted by atomic mass is 9.71. The van der Waals surface area contributed by atoms with E-state index in [1.54, 1.807) is 0 Å². The third-order valence-corrected chi connectivity index (χ3v) is 4.96. The van der Waals surface area contributed by atoms with Gasteiger partial charge in [0.25, 0.3) is 0 Å². The van der Waals surface area contributed by atoms with Crippen LogP contribution in [0.15, 0.2) is 58.7 Å². The molecule has 1 rings (SSSR count). The van der Waals surface area contributed by atoms with Crippen LogP contribution in [0.1, 0.15) is 75.2 Å². The molecule has 166 valence electrons. The summed E-state index contributed by atoms with van der Waals surface area (Å²) in [5.74, 6) is -0.576. The number of hydrogen-bond acceptors (Lipinski definition) is 4. The number of hydrogen-bond donors (Lipinski definition) is 0. The van der Waals surface area contributed by atoms with Crippen LogP contribution in [0.5, 0.6) is 0 Å². The molecule has 0 aromatic rings. The van der Waals surface area contributed by atoms with Gasteiger partial charge < -0.3 is 9.47 Å². The van der Waals surface area contributed by atoms with Gasteiger partial charge in [0.2, 0.25) is 0 Å². The summed E-state index contributed by atoms with van der Waals surface area (Å²) in [7, 11) is 0. The van der Waals surface area contributed by atoms with E-state index >= 15 is 0 Å². The molecule has 0 amide bonds. The third-order valence-electron chi connectivity index (χ3n) is 4.96. The summed E-state index contributed by atoms with van der Waals surface area (Å²) in [5, 5.41) is 0. The van der Waals surface area contributed by atoms with Crippen molar-refractivity contribution < 1.29 is 19.1 Å². The maximum absolute atomic E-state index is 11.8. The maximum Gasteiger partial charge on any atom is 0.331 e. The van der Waals surface area contributed by atoms with Gasteiger partial charge in [-0.2, -0.15) is 0 Å². The smallest absolute Gasteiger partial charge is 0.331 e. The first-order valence-electron chi connectivity index (χ1n) is 10.5. The second-order valence-corrected chi connectivity index (χ2v) is 9.64. The Bertz CT molecular complexity index is 795. The summed E-state index contributed by atoms with van der Waals surface area (Å²) in [4.78, 5) is 23.2. The summed E-state index contributed by atoms with van der Waals surface area (Å²) < 4.78 is 10.8. The number of rotatable bonds is 6. The molecule has 0 heterocycles. The minimum absolute atomic E-state index is 0.0418. The van der Waals surface area contributed by atoms with Crippen molar-refractivity contribution >= 4 is 11.9 Å². The molecule has 1 aliphatic carbocycles. The van der Waals surface area contributed by atoms with Gasteiger partial charge in [-0.25, -0.2) is 4.79 Å². The van der Waals surface area contributed by atoms with E-state index in [1.807, 2.05) is 52.8 Å². The van der Waals surface area contributed by atoms with Crippen LogP contribution in [-0.2, 0) is 19.1 Å². The molecule has 4 nitrogen and oxygen atoms in total. The summed E-state index contributed by atoms with van der Waals surface area (Å²) in [5.41, 5.74) is 3.80. The zero-order chi connectivity index (χ0) is 23.1. The fourth-order valence-electron chi connectivity index (χ4n) is 3.44. The largest absolute Gasteiger partial charge is 0.458 e. The molecule has 1 aliphatic rings. The highest BCUT2D eigenvalue weighted by molar-refractivity contribution is 5.83. The lowest BCUT2D eigenvalue weighted by Crippen LogP contribution is -2.30. The Morgan fingerprint density at radius 1 is 1.07 bits per heavy atom. The Kier molecular flexibility index (Phi) is 9.08. The monoisotopic (exact) mass is 414 g/mol. The number of carbonyl (C=O) groups is 2. The highest BCUT2D eigenvalue weighted by Gasteiger charge is 2.33. The molecule has 0 N–H and O–H groups in total. The third kappa shape index (κ3) is 8.98. The van der Waals surface area contributed by atoms with Gasteiger partial charge >= 0.3 is 11.9 Å². The zero-order valence-corrected chi connectivity index (χ0v) is 20.1. The van der Waals surface area contributed by atoms with Crippen molar-refractivity contribution in [3.8, 4) is 0 Å². The van der Waals surface area contributed by atoms with Crippen molar-refractivity contribution in [3.63, 3.8) is 0 Å². The molecule has 4 heteroatoms. The van der Waals surface area contributed by atoms with Gasteiger partial charge in [0.05, 0.1) is 0 Å². The topological polar surface area (TPSA) is 52.6 Å². The van der Waals surface area contributed by atoms with Crippen molar-refractivity contribution in [1.82, 2.24) is 0 Å². The molecule has 0 fully saturated rings. The van der Waals surface area contributed by atoms with Gasteiger partial charge in [-0.05, 0) is 76.5 Å². The van der Waals surface area contributed by atoms with E-state index in [1.165, 1.54) is 18.6 Å². The lowest BCUT2D eigenvalue weighted by Gasteiger charge is -2.36. The summed E-state index contributed by atoms with van der Waals surface area (Å²) in [6, 6.07) is 0. The van der Waals surface area contributed by atoms with Gasteiger partial charge in [0.15, 0.2) is 0 Å². The lowest BCUT2D eigenvalue weighted by molar-refractivity contribution is -0.148. The fourth-order valence-corrected chi connectivity index (χ4v) is 3.44. The predicted molar refractivity (Wildman–Crippen MR) is 123 cm³/mol. The van der Waals surface area contributed by atoms with E-state index in [0.29, 0.717) is 0 Å². The quantitative estimate of drug-likeness (QED) is 0.287.